The van der Waals surface area contributed by atoms with Crippen LogP contribution in [0, 0.1) is 6.92 Å². The first-order valence-electron chi connectivity index (χ1n) is 8.45. The van der Waals surface area contributed by atoms with E-state index in [-0.39, 0.29) is 0 Å². The molecule has 1 fully saturated rings. The van der Waals surface area contributed by atoms with Crippen molar-refractivity contribution < 1.29 is 15.2 Å². The number of hydrogen-bond donors (Lipinski definition) is 2. The van der Waals surface area contributed by atoms with Crippen molar-refractivity contribution in [3.8, 4) is 5.75 Å². The van der Waals surface area contributed by atoms with Crippen LogP contribution >= 0.6 is 0 Å². The largest absolute Gasteiger partial charge is 0.491 e. The Morgan fingerprint density at radius 2 is 1.71 bits per heavy atom. The third-order valence-corrected chi connectivity index (χ3v) is 4.35. The molecule has 3 heteroatoms. The van der Waals surface area contributed by atoms with Crippen LogP contribution in [-0.2, 0) is 0 Å². The van der Waals surface area contributed by atoms with Gasteiger partial charge in [-0.05, 0) is 44.7 Å². The average molecular weight is 292 g/mol. The second-order valence-corrected chi connectivity index (χ2v) is 6.35. The fourth-order valence-electron chi connectivity index (χ4n) is 2.97. The summed E-state index contributed by atoms with van der Waals surface area (Å²) in [4.78, 5) is 0. The van der Waals surface area contributed by atoms with Gasteiger partial charge in [-0.15, -0.1) is 0 Å². The quantitative estimate of drug-likeness (QED) is 0.846. The lowest BCUT2D eigenvalue weighted by atomic mass is 9.96. The topological polar surface area (TPSA) is 46.1 Å². The second-order valence-electron chi connectivity index (χ2n) is 6.35. The van der Waals surface area contributed by atoms with Crippen molar-refractivity contribution in [1.82, 2.24) is 0 Å². The maximum absolute atomic E-state index is 10.1. The lowest BCUT2D eigenvalue weighted by Crippen LogP contribution is -2.92. The summed E-state index contributed by atoms with van der Waals surface area (Å²) < 4.78 is 5.64. The van der Waals surface area contributed by atoms with Crippen molar-refractivity contribution in [2.45, 2.75) is 64.0 Å². The van der Waals surface area contributed by atoms with Crippen molar-refractivity contribution in [1.29, 1.82) is 0 Å². The van der Waals surface area contributed by atoms with Gasteiger partial charge in [0.1, 0.15) is 25.0 Å². The van der Waals surface area contributed by atoms with E-state index in [1.807, 2.05) is 24.3 Å². The summed E-state index contributed by atoms with van der Waals surface area (Å²) in [5.74, 6) is 0.839. The average Bonchev–Trinajstić information content (AvgIpc) is 2.45. The number of nitrogens with two attached hydrogens (primary N) is 1. The van der Waals surface area contributed by atoms with Crippen molar-refractivity contribution in [2.24, 2.45) is 0 Å². The Morgan fingerprint density at radius 1 is 1.10 bits per heavy atom. The number of rotatable bonds is 6. The third kappa shape index (κ3) is 6.49. The Labute approximate surface area is 128 Å². The molecule has 2 rings (SSSR count). The van der Waals surface area contributed by atoms with Crippen LogP contribution in [0.3, 0.4) is 0 Å². The van der Waals surface area contributed by atoms with Crippen molar-refractivity contribution in [3.63, 3.8) is 0 Å². The van der Waals surface area contributed by atoms with Crippen molar-refractivity contribution >= 4 is 0 Å². The van der Waals surface area contributed by atoms with Gasteiger partial charge in [0, 0.05) is 0 Å². The number of hydrogen-bond acceptors (Lipinski definition) is 2. The zero-order valence-corrected chi connectivity index (χ0v) is 13.3. The molecule has 118 valence electrons. The van der Waals surface area contributed by atoms with E-state index in [0.29, 0.717) is 12.6 Å². The molecule has 0 aliphatic heterocycles. The molecular weight excluding hydrogens is 262 g/mol. The van der Waals surface area contributed by atoms with Gasteiger partial charge in [-0.3, -0.25) is 0 Å². The Morgan fingerprint density at radius 3 is 2.38 bits per heavy atom. The van der Waals surface area contributed by atoms with Crippen LogP contribution in [0.5, 0.6) is 5.75 Å². The monoisotopic (exact) mass is 292 g/mol. The van der Waals surface area contributed by atoms with Crippen LogP contribution in [0.2, 0.25) is 0 Å². The minimum Gasteiger partial charge on any atom is -0.491 e. The highest BCUT2D eigenvalue weighted by molar-refractivity contribution is 5.26. The maximum atomic E-state index is 10.1. The molecule has 0 radical (unpaired) electrons. The van der Waals surface area contributed by atoms with Gasteiger partial charge in [0.15, 0.2) is 0 Å². The van der Waals surface area contributed by atoms with Gasteiger partial charge in [-0.2, -0.15) is 0 Å². The van der Waals surface area contributed by atoms with E-state index in [0.717, 1.165) is 12.3 Å². The summed E-state index contributed by atoms with van der Waals surface area (Å²) >= 11 is 0. The van der Waals surface area contributed by atoms with Gasteiger partial charge >= 0.3 is 0 Å². The van der Waals surface area contributed by atoms with Gasteiger partial charge < -0.3 is 15.2 Å². The Balaban J connectivity index is 1.64. The molecule has 1 atom stereocenters. The van der Waals surface area contributed by atoms with Crippen LogP contribution < -0.4 is 10.1 Å². The Bertz CT molecular complexity index is 383. The normalized spacial score (nSPS) is 18.8. The molecule has 0 unspecified atom stereocenters. The fraction of sp³-hybridized carbons (Fsp3) is 0.667. The summed E-state index contributed by atoms with van der Waals surface area (Å²) in [6.07, 6.45) is 9.05. The first-order valence-corrected chi connectivity index (χ1v) is 8.45. The minimum absolute atomic E-state index is 0.381. The van der Waals surface area contributed by atoms with E-state index in [9.17, 15) is 5.11 Å². The molecule has 0 amide bonds. The lowest BCUT2D eigenvalue weighted by molar-refractivity contribution is -0.696. The molecule has 21 heavy (non-hydrogen) atoms. The molecule has 1 aromatic carbocycles. The number of benzene rings is 1. The number of aryl methyl sites for hydroxylation is 1. The fourth-order valence-corrected chi connectivity index (χ4v) is 2.97. The van der Waals surface area contributed by atoms with Gasteiger partial charge in [-0.1, -0.05) is 37.0 Å². The summed E-state index contributed by atoms with van der Waals surface area (Å²) in [5, 5.41) is 12.4. The summed E-state index contributed by atoms with van der Waals surface area (Å²) in [6, 6.07) is 8.67. The Hall–Kier alpha value is -1.06. The molecule has 3 N–H and O–H groups in total. The molecule has 1 aromatic rings. The summed E-state index contributed by atoms with van der Waals surface area (Å²) in [6.45, 7) is 3.19. The van der Waals surface area contributed by atoms with E-state index >= 15 is 0 Å². The molecule has 1 aliphatic carbocycles. The zero-order chi connectivity index (χ0) is 14.9. The summed E-state index contributed by atoms with van der Waals surface area (Å²) in [7, 11) is 0. The van der Waals surface area contributed by atoms with Crippen LogP contribution in [0.1, 0.15) is 50.5 Å². The predicted octanol–water partition coefficient (Wildman–Crippen LogP) is 2.41. The number of aliphatic hydroxyl groups is 1. The Kier molecular flexibility index (Phi) is 7.04. The van der Waals surface area contributed by atoms with Crippen molar-refractivity contribution in [2.75, 3.05) is 13.2 Å². The van der Waals surface area contributed by atoms with Crippen LogP contribution in [0.15, 0.2) is 24.3 Å². The van der Waals surface area contributed by atoms with Crippen LogP contribution in [0.4, 0.5) is 0 Å². The highest BCUT2D eigenvalue weighted by Gasteiger charge is 2.16. The lowest BCUT2D eigenvalue weighted by Gasteiger charge is -2.20. The highest BCUT2D eigenvalue weighted by atomic mass is 16.5. The molecule has 0 saturated heterocycles. The number of ether oxygens (including phenoxy) is 1. The molecule has 3 nitrogen and oxygen atoms in total. The third-order valence-electron chi connectivity index (χ3n) is 4.35. The highest BCUT2D eigenvalue weighted by Crippen LogP contribution is 2.15. The minimum atomic E-state index is -0.392. The molecule has 1 aliphatic rings. The predicted molar refractivity (Wildman–Crippen MR) is 85.6 cm³/mol. The van der Waals surface area contributed by atoms with E-state index in [4.69, 9.17) is 4.74 Å². The molecular formula is C18H30NO2+. The zero-order valence-electron chi connectivity index (χ0n) is 13.3. The number of quaternary nitrogens is 1. The first kappa shape index (κ1) is 16.3. The van der Waals surface area contributed by atoms with E-state index in [2.05, 4.69) is 12.2 Å². The van der Waals surface area contributed by atoms with E-state index in [1.165, 1.54) is 50.5 Å². The molecule has 0 aromatic heterocycles. The van der Waals surface area contributed by atoms with Gasteiger partial charge in [0.25, 0.3) is 0 Å². The number of aliphatic hydroxyl groups excluding tert-OH is 1. The molecule has 0 heterocycles. The van der Waals surface area contributed by atoms with Crippen LogP contribution in [-0.4, -0.2) is 30.4 Å². The van der Waals surface area contributed by atoms with Gasteiger partial charge in [0.05, 0.1) is 6.04 Å². The van der Waals surface area contributed by atoms with Crippen LogP contribution in [0.25, 0.3) is 0 Å². The smallest absolute Gasteiger partial charge is 0.137 e. The van der Waals surface area contributed by atoms with Crippen molar-refractivity contribution in [3.05, 3.63) is 29.8 Å². The molecule has 1 saturated carbocycles. The molecule has 0 bridgehead atoms. The first-order chi connectivity index (χ1) is 10.2. The van der Waals surface area contributed by atoms with E-state index < -0.39 is 6.10 Å². The second kappa shape index (κ2) is 9.06. The summed E-state index contributed by atoms with van der Waals surface area (Å²) in [5.41, 5.74) is 1.22. The maximum Gasteiger partial charge on any atom is 0.137 e. The van der Waals surface area contributed by atoms with E-state index in [1.54, 1.807) is 0 Å². The van der Waals surface area contributed by atoms with Gasteiger partial charge in [-0.25, -0.2) is 0 Å². The SMILES string of the molecule is Cc1ccc(OC[C@@H](O)C[NH2+]C2CCCCCCC2)cc1. The molecule has 0 spiro atoms. The standard InChI is InChI=1S/C18H29NO2/c1-15-9-11-18(12-10-15)21-14-17(20)13-19-16-7-5-3-2-4-6-8-16/h9-12,16-17,19-20H,2-8,13-14H2,1H3/p+1/t17-/m0/s1. The van der Waals surface area contributed by atoms with Gasteiger partial charge in [0.2, 0.25) is 0 Å².